The normalized spacial score (nSPS) is 19.7. The lowest BCUT2D eigenvalue weighted by Gasteiger charge is -2.28. The fraction of sp³-hybridized carbons (Fsp3) is 0.467. The standard InChI is InChI=1S/C15H19N3O4S/c1-21-13-7-3-5-11(9-13)14-16-15(22-17-14)12-6-4-8-18(10-12)23(2,19)20/h3,5,7,9,12H,4,6,8,10H2,1-2H3/t12-/m0/s1. The van der Waals surface area contributed by atoms with E-state index in [1.54, 1.807) is 7.11 Å². The summed E-state index contributed by atoms with van der Waals surface area (Å²) in [4.78, 5) is 4.44. The molecule has 0 bridgehead atoms. The molecule has 0 radical (unpaired) electrons. The van der Waals surface area contributed by atoms with Crippen LogP contribution in [-0.2, 0) is 10.0 Å². The first kappa shape index (κ1) is 15.9. The van der Waals surface area contributed by atoms with Gasteiger partial charge in [-0.3, -0.25) is 0 Å². The van der Waals surface area contributed by atoms with Crippen LogP contribution in [0.5, 0.6) is 5.75 Å². The molecule has 8 heteroatoms. The van der Waals surface area contributed by atoms with Crippen molar-refractivity contribution < 1.29 is 17.7 Å². The largest absolute Gasteiger partial charge is 0.497 e. The minimum absolute atomic E-state index is 0.0645. The minimum atomic E-state index is -3.19. The van der Waals surface area contributed by atoms with Crippen molar-refractivity contribution in [3.8, 4) is 17.1 Å². The molecular formula is C15H19N3O4S. The van der Waals surface area contributed by atoms with E-state index in [2.05, 4.69) is 10.1 Å². The summed E-state index contributed by atoms with van der Waals surface area (Å²) in [6.45, 7) is 0.935. The highest BCUT2D eigenvalue weighted by atomic mass is 32.2. The highest BCUT2D eigenvalue weighted by Crippen LogP contribution is 2.29. The van der Waals surface area contributed by atoms with Gasteiger partial charge in [-0.2, -0.15) is 4.98 Å². The number of methoxy groups -OCH3 is 1. The lowest BCUT2D eigenvalue weighted by atomic mass is 10.00. The minimum Gasteiger partial charge on any atom is -0.497 e. The Labute approximate surface area is 135 Å². The molecule has 3 rings (SSSR count). The number of piperidine rings is 1. The molecule has 0 unspecified atom stereocenters. The molecule has 1 fully saturated rings. The van der Waals surface area contributed by atoms with Gasteiger partial charge in [0.15, 0.2) is 0 Å². The number of sulfonamides is 1. The zero-order valence-electron chi connectivity index (χ0n) is 13.1. The van der Waals surface area contributed by atoms with Crippen molar-refractivity contribution in [1.82, 2.24) is 14.4 Å². The molecule has 1 aromatic heterocycles. The average Bonchev–Trinajstić information content (AvgIpc) is 3.04. The van der Waals surface area contributed by atoms with E-state index >= 15 is 0 Å². The van der Waals surface area contributed by atoms with Gasteiger partial charge in [-0.1, -0.05) is 17.3 Å². The van der Waals surface area contributed by atoms with Gasteiger partial charge in [0.25, 0.3) is 0 Å². The van der Waals surface area contributed by atoms with Crippen LogP contribution in [0.2, 0.25) is 0 Å². The highest BCUT2D eigenvalue weighted by Gasteiger charge is 2.30. The smallest absolute Gasteiger partial charge is 0.231 e. The molecule has 0 spiro atoms. The summed E-state index contributed by atoms with van der Waals surface area (Å²) in [7, 11) is -1.59. The van der Waals surface area contributed by atoms with Crippen LogP contribution in [0.1, 0.15) is 24.7 Å². The first-order valence-corrected chi connectivity index (χ1v) is 9.25. The number of ether oxygens (including phenoxy) is 1. The molecule has 1 atom stereocenters. The van der Waals surface area contributed by atoms with Gasteiger partial charge in [-0.15, -0.1) is 0 Å². The summed E-state index contributed by atoms with van der Waals surface area (Å²) < 4.78 is 35.4. The molecule has 1 aliphatic heterocycles. The Morgan fingerprint density at radius 1 is 1.39 bits per heavy atom. The van der Waals surface area contributed by atoms with Crippen molar-refractivity contribution in [3.63, 3.8) is 0 Å². The number of hydrogen-bond donors (Lipinski definition) is 0. The quantitative estimate of drug-likeness (QED) is 0.847. The van der Waals surface area contributed by atoms with Crippen LogP contribution in [-0.4, -0.2) is 49.3 Å². The van der Waals surface area contributed by atoms with E-state index in [1.807, 2.05) is 24.3 Å². The molecule has 1 aliphatic rings. The Bertz CT molecular complexity index is 788. The molecule has 2 aromatic rings. The topological polar surface area (TPSA) is 85.5 Å². The number of aromatic nitrogens is 2. The maximum atomic E-state index is 11.7. The molecule has 0 N–H and O–H groups in total. The molecule has 1 saturated heterocycles. The fourth-order valence-corrected chi connectivity index (χ4v) is 3.64. The summed E-state index contributed by atoms with van der Waals surface area (Å²) in [6, 6.07) is 7.41. The third kappa shape index (κ3) is 3.53. The van der Waals surface area contributed by atoms with E-state index < -0.39 is 10.0 Å². The molecule has 7 nitrogen and oxygen atoms in total. The van der Waals surface area contributed by atoms with Gasteiger partial charge in [0.1, 0.15) is 5.75 Å². The maximum absolute atomic E-state index is 11.7. The highest BCUT2D eigenvalue weighted by molar-refractivity contribution is 7.88. The van der Waals surface area contributed by atoms with Gasteiger partial charge in [0.05, 0.1) is 19.3 Å². The van der Waals surface area contributed by atoms with Crippen molar-refractivity contribution in [2.45, 2.75) is 18.8 Å². The fourth-order valence-electron chi connectivity index (χ4n) is 2.73. The summed E-state index contributed by atoms with van der Waals surface area (Å²) in [5, 5.41) is 4.01. The third-order valence-electron chi connectivity index (χ3n) is 3.97. The summed E-state index contributed by atoms with van der Waals surface area (Å²) in [5.41, 5.74) is 0.801. The Balaban J connectivity index is 1.81. The monoisotopic (exact) mass is 337 g/mol. The van der Waals surface area contributed by atoms with E-state index in [0.717, 1.165) is 24.2 Å². The molecule has 0 saturated carbocycles. The zero-order valence-corrected chi connectivity index (χ0v) is 13.9. The van der Waals surface area contributed by atoms with Crippen molar-refractivity contribution in [2.24, 2.45) is 0 Å². The van der Waals surface area contributed by atoms with Crippen molar-refractivity contribution in [2.75, 3.05) is 26.5 Å². The predicted octanol–water partition coefficient (Wildman–Crippen LogP) is 1.88. The molecule has 23 heavy (non-hydrogen) atoms. The lowest BCUT2D eigenvalue weighted by molar-refractivity contribution is 0.266. The molecule has 1 aromatic carbocycles. The van der Waals surface area contributed by atoms with E-state index in [1.165, 1.54) is 10.6 Å². The van der Waals surface area contributed by atoms with E-state index in [4.69, 9.17) is 9.26 Å². The van der Waals surface area contributed by atoms with E-state index in [9.17, 15) is 8.42 Å². The van der Waals surface area contributed by atoms with Crippen LogP contribution in [0, 0.1) is 0 Å². The summed E-state index contributed by atoms with van der Waals surface area (Å²) in [5.74, 6) is 1.62. The Kier molecular flexibility index (Phi) is 4.36. The Morgan fingerprint density at radius 3 is 2.96 bits per heavy atom. The number of benzene rings is 1. The van der Waals surface area contributed by atoms with Crippen LogP contribution in [0.3, 0.4) is 0 Å². The van der Waals surface area contributed by atoms with Crippen LogP contribution in [0.25, 0.3) is 11.4 Å². The second-order valence-electron chi connectivity index (χ2n) is 5.65. The summed E-state index contributed by atoms with van der Waals surface area (Å²) in [6.07, 6.45) is 2.85. The predicted molar refractivity (Wildman–Crippen MR) is 84.7 cm³/mol. The average molecular weight is 337 g/mol. The van der Waals surface area contributed by atoms with Crippen molar-refractivity contribution in [3.05, 3.63) is 30.2 Å². The van der Waals surface area contributed by atoms with Gasteiger partial charge < -0.3 is 9.26 Å². The molecule has 124 valence electrons. The third-order valence-corrected chi connectivity index (χ3v) is 5.24. The summed E-state index contributed by atoms with van der Waals surface area (Å²) >= 11 is 0. The van der Waals surface area contributed by atoms with Gasteiger partial charge in [-0.25, -0.2) is 12.7 Å². The zero-order chi connectivity index (χ0) is 16.4. The van der Waals surface area contributed by atoms with E-state index in [0.29, 0.717) is 24.8 Å². The van der Waals surface area contributed by atoms with Gasteiger partial charge in [0.2, 0.25) is 21.7 Å². The van der Waals surface area contributed by atoms with Gasteiger partial charge >= 0.3 is 0 Å². The molecule has 0 aliphatic carbocycles. The van der Waals surface area contributed by atoms with Gasteiger partial charge in [-0.05, 0) is 25.0 Å². The molecule has 2 heterocycles. The van der Waals surface area contributed by atoms with Gasteiger partial charge in [0, 0.05) is 18.7 Å². The molecule has 0 amide bonds. The van der Waals surface area contributed by atoms with Crippen LogP contribution in [0.4, 0.5) is 0 Å². The first-order valence-electron chi connectivity index (χ1n) is 7.40. The first-order chi connectivity index (χ1) is 11.0. The Morgan fingerprint density at radius 2 is 2.22 bits per heavy atom. The van der Waals surface area contributed by atoms with Crippen molar-refractivity contribution in [1.29, 1.82) is 0 Å². The number of rotatable bonds is 4. The second kappa shape index (κ2) is 6.29. The number of hydrogen-bond acceptors (Lipinski definition) is 6. The van der Waals surface area contributed by atoms with E-state index in [-0.39, 0.29) is 5.92 Å². The van der Waals surface area contributed by atoms with Crippen LogP contribution >= 0.6 is 0 Å². The van der Waals surface area contributed by atoms with Crippen LogP contribution < -0.4 is 4.74 Å². The second-order valence-corrected chi connectivity index (χ2v) is 7.63. The Hall–Kier alpha value is -1.93. The lowest BCUT2D eigenvalue weighted by Crippen LogP contribution is -2.38. The number of nitrogens with zero attached hydrogens (tertiary/aromatic N) is 3. The molecular weight excluding hydrogens is 318 g/mol. The maximum Gasteiger partial charge on any atom is 0.231 e. The van der Waals surface area contributed by atoms with Crippen molar-refractivity contribution >= 4 is 10.0 Å². The SMILES string of the molecule is COc1cccc(-c2noc([C@H]3CCCN(S(C)(=O)=O)C3)n2)c1. The van der Waals surface area contributed by atoms with Crippen LogP contribution in [0.15, 0.2) is 28.8 Å².